The maximum absolute atomic E-state index is 12.4. The Bertz CT molecular complexity index is 647. The molecule has 1 fully saturated rings. The highest BCUT2D eigenvalue weighted by Crippen LogP contribution is 2.24. The normalized spacial score (nSPS) is 15.3. The molecule has 0 radical (unpaired) electrons. The first-order chi connectivity index (χ1) is 10.1. The molecule has 0 spiro atoms. The maximum atomic E-state index is 12.4. The van der Waals surface area contributed by atoms with Crippen LogP contribution < -0.4 is 4.90 Å². The molecular weight excluding hydrogens is 304 g/mol. The zero-order valence-electron chi connectivity index (χ0n) is 11.9. The number of halogens is 1. The van der Waals surface area contributed by atoms with Crippen molar-refractivity contribution in [2.24, 2.45) is 0 Å². The zero-order valence-corrected chi connectivity index (χ0v) is 13.5. The molecule has 0 N–H and O–H groups in total. The summed E-state index contributed by atoms with van der Waals surface area (Å²) in [5, 5.41) is 0. The Hall–Kier alpha value is -1.52. The van der Waals surface area contributed by atoms with E-state index in [0.717, 1.165) is 31.1 Å². The largest absolute Gasteiger partial charge is 0.368 e. The Morgan fingerprint density at radius 1 is 1.14 bits per heavy atom. The number of benzene rings is 1. The molecule has 110 valence electrons. The van der Waals surface area contributed by atoms with E-state index in [1.165, 1.54) is 22.6 Å². The summed E-state index contributed by atoms with van der Waals surface area (Å²) in [6, 6.07) is 12.1. The van der Waals surface area contributed by atoms with Crippen molar-refractivity contribution in [3.8, 4) is 0 Å². The molecule has 1 amide bonds. The molecule has 3 nitrogen and oxygen atoms in total. The van der Waals surface area contributed by atoms with Crippen LogP contribution in [-0.2, 0) is 0 Å². The standard InChI is InChI=1S/C16H17ClN2OS/c1-12-3-2-4-13(11-12)18-7-9-19(10-8-18)16(20)14-5-6-15(17)21-14/h2-6,11H,7-10H2,1H3. The Kier molecular flexibility index (Phi) is 4.17. The third-order valence-corrected chi connectivity index (χ3v) is 4.94. The zero-order chi connectivity index (χ0) is 14.8. The lowest BCUT2D eigenvalue weighted by Crippen LogP contribution is -2.48. The predicted octanol–water partition coefficient (Wildman–Crippen LogP) is 3.67. The van der Waals surface area contributed by atoms with Gasteiger partial charge in [-0.1, -0.05) is 23.7 Å². The van der Waals surface area contributed by atoms with E-state index in [9.17, 15) is 4.79 Å². The van der Waals surface area contributed by atoms with Crippen LogP contribution in [0.5, 0.6) is 0 Å². The number of thiophene rings is 1. The van der Waals surface area contributed by atoms with Gasteiger partial charge in [-0.2, -0.15) is 0 Å². The summed E-state index contributed by atoms with van der Waals surface area (Å²) in [7, 11) is 0. The highest BCUT2D eigenvalue weighted by molar-refractivity contribution is 7.17. The monoisotopic (exact) mass is 320 g/mol. The van der Waals surface area contributed by atoms with Gasteiger partial charge in [0.2, 0.25) is 0 Å². The second-order valence-corrected chi connectivity index (χ2v) is 6.94. The molecule has 2 aromatic rings. The molecule has 1 saturated heterocycles. The van der Waals surface area contributed by atoms with Crippen molar-refractivity contribution < 1.29 is 4.79 Å². The lowest BCUT2D eigenvalue weighted by molar-refractivity contribution is 0.0751. The van der Waals surface area contributed by atoms with Gasteiger partial charge in [0.05, 0.1) is 9.21 Å². The lowest BCUT2D eigenvalue weighted by atomic mass is 10.2. The number of hydrogen-bond donors (Lipinski definition) is 0. The van der Waals surface area contributed by atoms with Gasteiger partial charge < -0.3 is 9.80 Å². The van der Waals surface area contributed by atoms with Gasteiger partial charge in [-0.05, 0) is 36.8 Å². The van der Waals surface area contributed by atoms with Crippen molar-refractivity contribution in [3.63, 3.8) is 0 Å². The van der Waals surface area contributed by atoms with Gasteiger partial charge in [0, 0.05) is 31.9 Å². The summed E-state index contributed by atoms with van der Waals surface area (Å²) in [5.74, 6) is 0.0933. The van der Waals surface area contributed by atoms with Gasteiger partial charge in [0.25, 0.3) is 5.91 Å². The van der Waals surface area contributed by atoms with E-state index in [1.807, 2.05) is 11.0 Å². The number of amides is 1. The number of piperazine rings is 1. The van der Waals surface area contributed by atoms with Crippen LogP contribution in [0.4, 0.5) is 5.69 Å². The van der Waals surface area contributed by atoms with Crippen LogP contribution in [0.3, 0.4) is 0 Å². The summed E-state index contributed by atoms with van der Waals surface area (Å²) in [6.07, 6.45) is 0. The predicted molar refractivity (Wildman–Crippen MR) is 88.6 cm³/mol. The first kappa shape index (κ1) is 14.4. The van der Waals surface area contributed by atoms with Crippen molar-refractivity contribution in [2.75, 3.05) is 31.1 Å². The molecule has 3 rings (SSSR count). The van der Waals surface area contributed by atoms with Gasteiger partial charge in [0.15, 0.2) is 0 Å². The third-order valence-electron chi connectivity index (χ3n) is 3.72. The minimum Gasteiger partial charge on any atom is -0.368 e. The van der Waals surface area contributed by atoms with Crippen molar-refractivity contribution >= 4 is 34.5 Å². The topological polar surface area (TPSA) is 23.6 Å². The Morgan fingerprint density at radius 2 is 1.90 bits per heavy atom. The minimum atomic E-state index is 0.0933. The van der Waals surface area contributed by atoms with Crippen molar-refractivity contribution in [1.29, 1.82) is 0 Å². The first-order valence-corrected chi connectivity index (χ1v) is 8.19. The minimum absolute atomic E-state index is 0.0933. The van der Waals surface area contributed by atoms with Crippen LogP contribution in [0.15, 0.2) is 36.4 Å². The van der Waals surface area contributed by atoms with E-state index in [-0.39, 0.29) is 5.91 Å². The molecule has 0 saturated carbocycles. The molecular formula is C16H17ClN2OS. The number of rotatable bonds is 2. The van der Waals surface area contributed by atoms with E-state index in [2.05, 4.69) is 36.1 Å². The number of anilines is 1. The quantitative estimate of drug-likeness (QED) is 0.843. The molecule has 0 bridgehead atoms. The molecule has 2 heterocycles. The molecule has 1 aromatic carbocycles. The van der Waals surface area contributed by atoms with Crippen LogP contribution in [-0.4, -0.2) is 37.0 Å². The van der Waals surface area contributed by atoms with E-state index < -0.39 is 0 Å². The Labute approximate surface area is 133 Å². The van der Waals surface area contributed by atoms with Crippen molar-refractivity contribution in [2.45, 2.75) is 6.92 Å². The highest BCUT2D eigenvalue weighted by atomic mass is 35.5. The molecule has 0 atom stereocenters. The number of nitrogens with zero attached hydrogens (tertiary/aromatic N) is 2. The summed E-state index contributed by atoms with van der Waals surface area (Å²) >= 11 is 7.25. The van der Waals surface area contributed by atoms with Crippen molar-refractivity contribution in [1.82, 2.24) is 4.90 Å². The number of carbonyl (C=O) groups is 1. The van der Waals surface area contributed by atoms with Gasteiger partial charge in [-0.15, -0.1) is 11.3 Å². The average molecular weight is 321 g/mol. The SMILES string of the molecule is Cc1cccc(N2CCN(C(=O)c3ccc(Cl)s3)CC2)c1. The summed E-state index contributed by atoms with van der Waals surface area (Å²) in [5.41, 5.74) is 2.50. The Balaban J connectivity index is 1.64. The second kappa shape index (κ2) is 6.08. The first-order valence-electron chi connectivity index (χ1n) is 7.00. The summed E-state index contributed by atoms with van der Waals surface area (Å²) in [4.78, 5) is 17.3. The third kappa shape index (κ3) is 3.22. The van der Waals surface area contributed by atoms with Crippen LogP contribution in [0.25, 0.3) is 0 Å². The molecule has 0 aliphatic carbocycles. The highest BCUT2D eigenvalue weighted by Gasteiger charge is 2.23. The van der Waals surface area contributed by atoms with Crippen LogP contribution in [0.2, 0.25) is 4.34 Å². The fraction of sp³-hybridized carbons (Fsp3) is 0.312. The molecule has 1 aliphatic rings. The molecule has 21 heavy (non-hydrogen) atoms. The molecule has 0 unspecified atom stereocenters. The van der Waals surface area contributed by atoms with Crippen LogP contribution in [0.1, 0.15) is 15.2 Å². The molecule has 1 aromatic heterocycles. The summed E-state index contributed by atoms with van der Waals surface area (Å²) in [6.45, 7) is 5.34. The fourth-order valence-electron chi connectivity index (χ4n) is 2.58. The van der Waals surface area contributed by atoms with E-state index in [1.54, 1.807) is 6.07 Å². The van der Waals surface area contributed by atoms with Gasteiger partial charge in [-0.3, -0.25) is 4.79 Å². The maximum Gasteiger partial charge on any atom is 0.264 e. The van der Waals surface area contributed by atoms with Crippen LogP contribution in [0, 0.1) is 6.92 Å². The molecule has 5 heteroatoms. The summed E-state index contributed by atoms with van der Waals surface area (Å²) < 4.78 is 0.664. The van der Waals surface area contributed by atoms with Crippen molar-refractivity contribution in [3.05, 3.63) is 51.2 Å². The number of hydrogen-bond acceptors (Lipinski definition) is 3. The number of carbonyl (C=O) groups excluding carboxylic acids is 1. The Morgan fingerprint density at radius 3 is 2.52 bits per heavy atom. The van der Waals surface area contributed by atoms with Gasteiger partial charge in [-0.25, -0.2) is 0 Å². The fourth-order valence-corrected chi connectivity index (χ4v) is 3.59. The lowest BCUT2D eigenvalue weighted by Gasteiger charge is -2.36. The smallest absolute Gasteiger partial charge is 0.264 e. The van der Waals surface area contributed by atoms with Gasteiger partial charge >= 0.3 is 0 Å². The van der Waals surface area contributed by atoms with E-state index in [4.69, 9.17) is 11.6 Å². The average Bonchev–Trinajstić information content (AvgIpc) is 2.93. The van der Waals surface area contributed by atoms with Gasteiger partial charge in [0.1, 0.15) is 0 Å². The second-order valence-electron chi connectivity index (χ2n) is 5.22. The van der Waals surface area contributed by atoms with Crippen LogP contribution >= 0.6 is 22.9 Å². The van der Waals surface area contributed by atoms with E-state index >= 15 is 0 Å². The number of aryl methyl sites for hydroxylation is 1. The van der Waals surface area contributed by atoms with E-state index in [0.29, 0.717) is 4.34 Å². The molecule has 1 aliphatic heterocycles.